The number of aromatic nitrogens is 2. The fraction of sp³-hybridized carbons (Fsp3) is 0.583. The highest BCUT2D eigenvalue weighted by atomic mass is 16.2. The van der Waals surface area contributed by atoms with Gasteiger partial charge in [0.15, 0.2) is 0 Å². The Hall–Kier alpha value is -1.69. The van der Waals surface area contributed by atoms with Crippen LogP contribution in [-0.2, 0) is 9.59 Å². The Bertz CT molecular complexity index is 441. The zero-order valence-electron chi connectivity index (χ0n) is 10.8. The fourth-order valence-corrected chi connectivity index (χ4v) is 2.22. The van der Waals surface area contributed by atoms with Crippen LogP contribution in [0.25, 0.3) is 0 Å². The van der Waals surface area contributed by atoms with Gasteiger partial charge in [0.1, 0.15) is 0 Å². The molecule has 0 aromatic carbocycles. The maximum atomic E-state index is 12.1. The molecule has 2 amide bonds. The molecule has 98 valence electrons. The first-order valence-corrected chi connectivity index (χ1v) is 6.11. The zero-order chi connectivity index (χ0) is 13.3. The normalized spacial score (nSPS) is 22.0. The number of aromatic amines is 1. The molecule has 2 N–H and O–H groups in total. The second kappa shape index (κ2) is 4.89. The molecule has 18 heavy (non-hydrogen) atoms. The van der Waals surface area contributed by atoms with Crippen LogP contribution in [0.4, 0.5) is 0 Å². The average molecular weight is 250 g/mol. The van der Waals surface area contributed by atoms with Crippen LogP contribution in [0.5, 0.6) is 0 Å². The van der Waals surface area contributed by atoms with Gasteiger partial charge in [-0.05, 0) is 20.8 Å². The summed E-state index contributed by atoms with van der Waals surface area (Å²) in [4.78, 5) is 25.2. The predicted octanol–water partition coefficient (Wildman–Crippen LogP) is 0.596. The zero-order valence-corrected chi connectivity index (χ0v) is 10.8. The van der Waals surface area contributed by atoms with E-state index >= 15 is 0 Å². The Balaban J connectivity index is 2.03. The molecule has 0 radical (unpaired) electrons. The van der Waals surface area contributed by atoms with Gasteiger partial charge in [-0.2, -0.15) is 5.10 Å². The number of carbonyl (C=O) groups excluding carboxylic acids is 2. The van der Waals surface area contributed by atoms with Crippen molar-refractivity contribution in [3.05, 3.63) is 18.0 Å². The number of amides is 2. The number of H-pyrrole nitrogens is 1. The lowest BCUT2D eigenvalue weighted by molar-refractivity contribution is -0.140. The summed E-state index contributed by atoms with van der Waals surface area (Å²) in [5, 5.41) is 9.77. The average Bonchev–Trinajstić information content (AvgIpc) is 2.88. The van der Waals surface area contributed by atoms with Crippen molar-refractivity contribution in [1.82, 2.24) is 20.4 Å². The van der Waals surface area contributed by atoms with E-state index in [1.54, 1.807) is 12.4 Å². The lowest BCUT2D eigenvalue weighted by atomic mass is 10.1. The van der Waals surface area contributed by atoms with E-state index in [-0.39, 0.29) is 30.3 Å². The minimum Gasteiger partial charge on any atom is -0.299 e. The van der Waals surface area contributed by atoms with E-state index in [2.05, 4.69) is 15.5 Å². The van der Waals surface area contributed by atoms with E-state index in [1.807, 2.05) is 20.8 Å². The highest BCUT2D eigenvalue weighted by molar-refractivity contribution is 6.05. The lowest BCUT2D eigenvalue weighted by Crippen LogP contribution is -2.42. The van der Waals surface area contributed by atoms with Crippen molar-refractivity contribution in [3.8, 4) is 0 Å². The van der Waals surface area contributed by atoms with Gasteiger partial charge >= 0.3 is 0 Å². The first-order chi connectivity index (χ1) is 8.50. The monoisotopic (exact) mass is 250 g/mol. The van der Waals surface area contributed by atoms with Crippen LogP contribution in [0.2, 0.25) is 0 Å². The molecule has 1 fully saturated rings. The summed E-state index contributed by atoms with van der Waals surface area (Å²) in [5.41, 5.74) is 0.971. The Morgan fingerprint density at radius 3 is 2.67 bits per heavy atom. The van der Waals surface area contributed by atoms with Crippen molar-refractivity contribution in [2.45, 2.75) is 45.3 Å². The maximum absolute atomic E-state index is 12.1. The van der Waals surface area contributed by atoms with Crippen LogP contribution in [0.1, 0.15) is 38.8 Å². The van der Waals surface area contributed by atoms with Gasteiger partial charge in [-0.3, -0.25) is 24.9 Å². The Labute approximate surface area is 106 Å². The Morgan fingerprint density at radius 1 is 1.44 bits per heavy atom. The van der Waals surface area contributed by atoms with Gasteiger partial charge in [0, 0.05) is 23.8 Å². The summed E-state index contributed by atoms with van der Waals surface area (Å²) >= 11 is 0. The van der Waals surface area contributed by atoms with Gasteiger partial charge < -0.3 is 0 Å². The quantitative estimate of drug-likeness (QED) is 0.767. The summed E-state index contributed by atoms with van der Waals surface area (Å²) in [7, 11) is 0. The van der Waals surface area contributed by atoms with Crippen molar-refractivity contribution in [1.29, 1.82) is 0 Å². The molecule has 2 rings (SSSR count). The molecular formula is C12H18N4O2. The van der Waals surface area contributed by atoms with Gasteiger partial charge in [0.25, 0.3) is 0 Å². The van der Waals surface area contributed by atoms with Crippen molar-refractivity contribution >= 4 is 11.8 Å². The molecule has 1 aliphatic rings. The third kappa shape index (κ3) is 2.28. The standard InChI is InChI=1S/C12H18N4O2/c1-7(2)16-11(17)4-10(12(16)18)15-8(3)9-5-13-14-6-9/h5-8,10,15H,4H2,1-3H3,(H,13,14). The molecule has 1 aliphatic heterocycles. The van der Waals surface area contributed by atoms with Crippen LogP contribution < -0.4 is 5.32 Å². The van der Waals surface area contributed by atoms with E-state index in [0.717, 1.165) is 5.56 Å². The molecule has 0 aliphatic carbocycles. The SMILES string of the molecule is CC(NC1CC(=O)N(C(C)C)C1=O)c1cn[nH]c1. The van der Waals surface area contributed by atoms with Crippen molar-refractivity contribution in [2.24, 2.45) is 0 Å². The van der Waals surface area contributed by atoms with E-state index in [9.17, 15) is 9.59 Å². The summed E-state index contributed by atoms with van der Waals surface area (Å²) in [6, 6.07) is -0.525. The molecule has 1 saturated heterocycles. The molecular weight excluding hydrogens is 232 g/mol. The number of hydrogen-bond donors (Lipinski definition) is 2. The molecule has 2 atom stereocenters. The van der Waals surface area contributed by atoms with Gasteiger partial charge in [0.2, 0.25) is 11.8 Å². The van der Waals surface area contributed by atoms with Crippen LogP contribution >= 0.6 is 0 Å². The van der Waals surface area contributed by atoms with Gasteiger partial charge in [0.05, 0.1) is 18.7 Å². The van der Waals surface area contributed by atoms with Crippen molar-refractivity contribution in [2.75, 3.05) is 0 Å². The fourth-order valence-electron chi connectivity index (χ4n) is 2.22. The number of imide groups is 1. The molecule has 0 spiro atoms. The molecule has 1 aromatic rings. The van der Waals surface area contributed by atoms with Crippen LogP contribution in [0.15, 0.2) is 12.4 Å². The smallest absolute Gasteiger partial charge is 0.247 e. The molecule has 2 unspecified atom stereocenters. The number of hydrogen-bond acceptors (Lipinski definition) is 4. The number of nitrogens with zero attached hydrogens (tertiary/aromatic N) is 2. The number of likely N-dealkylation sites (tertiary alicyclic amines) is 1. The molecule has 2 heterocycles. The van der Waals surface area contributed by atoms with Crippen LogP contribution in [-0.4, -0.2) is 39.0 Å². The number of rotatable bonds is 4. The highest BCUT2D eigenvalue weighted by Crippen LogP contribution is 2.19. The van der Waals surface area contributed by atoms with Crippen molar-refractivity contribution < 1.29 is 9.59 Å². The van der Waals surface area contributed by atoms with Crippen molar-refractivity contribution in [3.63, 3.8) is 0 Å². The van der Waals surface area contributed by atoms with Crippen LogP contribution in [0.3, 0.4) is 0 Å². The van der Waals surface area contributed by atoms with Gasteiger partial charge in [-0.1, -0.05) is 0 Å². The van der Waals surface area contributed by atoms with E-state index in [0.29, 0.717) is 0 Å². The Kier molecular flexibility index (Phi) is 3.47. The lowest BCUT2D eigenvalue weighted by Gasteiger charge is -2.20. The molecule has 0 saturated carbocycles. The largest absolute Gasteiger partial charge is 0.299 e. The van der Waals surface area contributed by atoms with Crippen LogP contribution in [0, 0.1) is 0 Å². The predicted molar refractivity (Wildman–Crippen MR) is 65.5 cm³/mol. The van der Waals surface area contributed by atoms with E-state index < -0.39 is 6.04 Å². The first kappa shape index (κ1) is 12.8. The summed E-state index contributed by atoms with van der Waals surface area (Å²) < 4.78 is 0. The minimum absolute atomic E-state index is 0.0161. The molecule has 6 heteroatoms. The second-order valence-electron chi connectivity index (χ2n) is 4.87. The van der Waals surface area contributed by atoms with Gasteiger partial charge in [-0.15, -0.1) is 0 Å². The first-order valence-electron chi connectivity index (χ1n) is 6.11. The number of nitrogens with one attached hydrogen (secondary N) is 2. The third-order valence-electron chi connectivity index (χ3n) is 3.17. The molecule has 1 aromatic heterocycles. The molecule has 0 bridgehead atoms. The molecule has 6 nitrogen and oxygen atoms in total. The second-order valence-corrected chi connectivity index (χ2v) is 4.87. The maximum Gasteiger partial charge on any atom is 0.247 e. The highest BCUT2D eigenvalue weighted by Gasteiger charge is 2.40. The summed E-state index contributed by atoms with van der Waals surface area (Å²) in [5.74, 6) is -0.239. The third-order valence-corrected chi connectivity index (χ3v) is 3.17. The topological polar surface area (TPSA) is 78.1 Å². The minimum atomic E-state index is -0.426. The summed E-state index contributed by atoms with van der Waals surface area (Å²) in [6.07, 6.45) is 3.72. The van der Waals surface area contributed by atoms with E-state index in [4.69, 9.17) is 0 Å². The van der Waals surface area contributed by atoms with Gasteiger partial charge in [-0.25, -0.2) is 0 Å². The Morgan fingerprint density at radius 2 is 2.17 bits per heavy atom. The number of carbonyl (C=O) groups is 2. The van der Waals surface area contributed by atoms with E-state index in [1.165, 1.54) is 4.90 Å². The summed E-state index contributed by atoms with van der Waals surface area (Å²) in [6.45, 7) is 5.63.